The van der Waals surface area contributed by atoms with Gasteiger partial charge >= 0.3 is 0 Å². The first kappa shape index (κ1) is 13.5. The highest BCUT2D eigenvalue weighted by molar-refractivity contribution is 9.10. The van der Waals surface area contributed by atoms with Crippen LogP contribution < -0.4 is 4.74 Å². The standard InChI is InChI=1S/C13H19BrO2/c1-5-9-6-10(14)7-11(12(9)16-4)13(2,3)8-15/h6-7,15H,5,8H2,1-4H3. The fraction of sp³-hybridized carbons (Fsp3) is 0.538. The highest BCUT2D eigenvalue weighted by Gasteiger charge is 2.25. The molecule has 1 aromatic carbocycles. The van der Waals surface area contributed by atoms with Crippen molar-refractivity contribution in [2.24, 2.45) is 0 Å². The topological polar surface area (TPSA) is 29.5 Å². The molecule has 0 aliphatic carbocycles. The van der Waals surface area contributed by atoms with E-state index in [4.69, 9.17) is 4.74 Å². The van der Waals surface area contributed by atoms with Gasteiger partial charge in [0.05, 0.1) is 13.7 Å². The third-order valence-electron chi connectivity index (χ3n) is 2.84. The van der Waals surface area contributed by atoms with Crippen LogP contribution in [0.4, 0.5) is 0 Å². The summed E-state index contributed by atoms with van der Waals surface area (Å²) >= 11 is 3.50. The predicted molar refractivity (Wildman–Crippen MR) is 70.2 cm³/mol. The van der Waals surface area contributed by atoms with Crippen molar-refractivity contribution in [2.45, 2.75) is 32.6 Å². The second-order valence-electron chi connectivity index (χ2n) is 4.54. The third-order valence-corrected chi connectivity index (χ3v) is 3.30. The van der Waals surface area contributed by atoms with Crippen LogP contribution in [0.1, 0.15) is 31.9 Å². The molecule has 0 bridgehead atoms. The summed E-state index contributed by atoms with van der Waals surface area (Å²) in [4.78, 5) is 0. The number of hydrogen-bond acceptors (Lipinski definition) is 2. The summed E-state index contributed by atoms with van der Waals surface area (Å²) in [5, 5.41) is 9.45. The Morgan fingerprint density at radius 2 is 2.00 bits per heavy atom. The lowest BCUT2D eigenvalue weighted by molar-refractivity contribution is 0.214. The number of aliphatic hydroxyl groups is 1. The quantitative estimate of drug-likeness (QED) is 0.920. The summed E-state index contributed by atoms with van der Waals surface area (Å²) in [7, 11) is 1.68. The smallest absolute Gasteiger partial charge is 0.125 e. The van der Waals surface area contributed by atoms with Crippen molar-refractivity contribution in [1.82, 2.24) is 0 Å². The number of hydrogen-bond donors (Lipinski definition) is 1. The van der Waals surface area contributed by atoms with Crippen LogP contribution in [-0.4, -0.2) is 18.8 Å². The van der Waals surface area contributed by atoms with Gasteiger partial charge in [0.25, 0.3) is 0 Å². The van der Waals surface area contributed by atoms with Gasteiger partial charge < -0.3 is 9.84 Å². The van der Waals surface area contributed by atoms with Gasteiger partial charge in [-0.15, -0.1) is 0 Å². The van der Waals surface area contributed by atoms with Gasteiger partial charge in [0.1, 0.15) is 5.75 Å². The average Bonchev–Trinajstić information content (AvgIpc) is 2.27. The van der Waals surface area contributed by atoms with Gasteiger partial charge in [0.15, 0.2) is 0 Å². The number of methoxy groups -OCH3 is 1. The molecule has 0 atom stereocenters. The van der Waals surface area contributed by atoms with Crippen molar-refractivity contribution < 1.29 is 9.84 Å². The lowest BCUT2D eigenvalue weighted by Gasteiger charge is -2.26. The van der Waals surface area contributed by atoms with E-state index in [1.807, 2.05) is 19.9 Å². The van der Waals surface area contributed by atoms with Crippen molar-refractivity contribution in [3.05, 3.63) is 27.7 Å². The van der Waals surface area contributed by atoms with Crippen molar-refractivity contribution in [1.29, 1.82) is 0 Å². The van der Waals surface area contributed by atoms with Crippen molar-refractivity contribution in [3.8, 4) is 5.75 Å². The average molecular weight is 287 g/mol. The van der Waals surface area contributed by atoms with E-state index >= 15 is 0 Å². The van der Waals surface area contributed by atoms with Crippen LogP contribution in [0.25, 0.3) is 0 Å². The molecule has 0 aliphatic heterocycles. The molecule has 0 spiro atoms. The first-order chi connectivity index (χ1) is 7.46. The van der Waals surface area contributed by atoms with Gasteiger partial charge in [0, 0.05) is 15.5 Å². The molecule has 1 aromatic rings. The molecule has 0 amide bonds. The highest BCUT2D eigenvalue weighted by Crippen LogP contribution is 2.36. The Labute approximate surface area is 106 Å². The molecule has 2 nitrogen and oxygen atoms in total. The SMILES string of the molecule is CCc1cc(Br)cc(C(C)(C)CO)c1OC. The van der Waals surface area contributed by atoms with Gasteiger partial charge in [-0.25, -0.2) is 0 Å². The fourth-order valence-corrected chi connectivity index (χ4v) is 2.25. The molecular formula is C13H19BrO2. The largest absolute Gasteiger partial charge is 0.496 e. The molecule has 0 aliphatic rings. The minimum absolute atomic E-state index is 0.100. The highest BCUT2D eigenvalue weighted by atomic mass is 79.9. The molecule has 90 valence electrons. The molecule has 1 rings (SSSR count). The van der Waals surface area contributed by atoms with E-state index in [2.05, 4.69) is 28.9 Å². The summed E-state index contributed by atoms with van der Waals surface area (Å²) in [6.45, 7) is 6.22. The maximum Gasteiger partial charge on any atom is 0.125 e. The Morgan fingerprint density at radius 3 is 2.44 bits per heavy atom. The van der Waals surface area contributed by atoms with E-state index in [0.29, 0.717) is 0 Å². The third kappa shape index (κ3) is 2.58. The van der Waals surface area contributed by atoms with Crippen LogP contribution in [0.2, 0.25) is 0 Å². The van der Waals surface area contributed by atoms with E-state index in [1.54, 1.807) is 7.11 Å². The molecule has 16 heavy (non-hydrogen) atoms. The van der Waals surface area contributed by atoms with Gasteiger partial charge in [-0.3, -0.25) is 0 Å². The maximum atomic E-state index is 9.45. The second kappa shape index (κ2) is 5.19. The molecule has 0 heterocycles. The molecular weight excluding hydrogens is 268 g/mol. The van der Waals surface area contributed by atoms with Crippen LogP contribution in [0, 0.1) is 0 Å². The van der Waals surface area contributed by atoms with Gasteiger partial charge in [-0.2, -0.15) is 0 Å². The number of aliphatic hydroxyl groups excluding tert-OH is 1. The van der Waals surface area contributed by atoms with Crippen LogP contribution in [0.3, 0.4) is 0 Å². The summed E-state index contributed by atoms with van der Waals surface area (Å²) in [6, 6.07) is 4.09. The van der Waals surface area contributed by atoms with Gasteiger partial charge in [0.2, 0.25) is 0 Å². The lowest BCUT2D eigenvalue weighted by Crippen LogP contribution is -2.23. The van der Waals surface area contributed by atoms with E-state index in [1.165, 1.54) is 0 Å². The summed E-state index contributed by atoms with van der Waals surface area (Å²) < 4.78 is 6.51. The van der Waals surface area contributed by atoms with Crippen LogP contribution in [0.15, 0.2) is 16.6 Å². The van der Waals surface area contributed by atoms with E-state index < -0.39 is 0 Å². The van der Waals surface area contributed by atoms with Gasteiger partial charge in [-0.1, -0.05) is 36.7 Å². The molecule has 3 heteroatoms. The molecule has 0 saturated heterocycles. The summed E-state index contributed by atoms with van der Waals surface area (Å²) in [5.74, 6) is 0.893. The van der Waals surface area contributed by atoms with Crippen LogP contribution >= 0.6 is 15.9 Å². The summed E-state index contributed by atoms with van der Waals surface area (Å²) in [6.07, 6.45) is 0.914. The second-order valence-corrected chi connectivity index (χ2v) is 5.46. The monoisotopic (exact) mass is 286 g/mol. The molecule has 1 N–H and O–H groups in total. The first-order valence-corrected chi connectivity index (χ1v) is 6.23. The maximum absolute atomic E-state index is 9.45. The Kier molecular flexibility index (Phi) is 4.39. The Balaban J connectivity index is 3.42. The molecule has 0 saturated carbocycles. The number of ether oxygens (including phenoxy) is 1. The van der Waals surface area contributed by atoms with Crippen LogP contribution in [-0.2, 0) is 11.8 Å². The van der Waals surface area contributed by atoms with Crippen molar-refractivity contribution in [2.75, 3.05) is 13.7 Å². The number of benzene rings is 1. The zero-order chi connectivity index (χ0) is 12.3. The number of aryl methyl sites for hydroxylation is 1. The zero-order valence-corrected chi connectivity index (χ0v) is 11.9. The molecule has 0 unspecified atom stereocenters. The predicted octanol–water partition coefficient (Wildman–Crippen LogP) is 3.29. The lowest BCUT2D eigenvalue weighted by atomic mass is 9.83. The van der Waals surface area contributed by atoms with Crippen molar-refractivity contribution >= 4 is 15.9 Å². The van der Waals surface area contributed by atoms with Crippen molar-refractivity contribution in [3.63, 3.8) is 0 Å². The van der Waals surface area contributed by atoms with E-state index in [-0.39, 0.29) is 12.0 Å². The minimum atomic E-state index is -0.293. The fourth-order valence-electron chi connectivity index (χ4n) is 1.74. The number of rotatable bonds is 4. The van der Waals surface area contributed by atoms with E-state index in [0.717, 1.165) is 27.8 Å². The molecule has 0 aromatic heterocycles. The number of halogens is 1. The zero-order valence-electron chi connectivity index (χ0n) is 10.3. The van der Waals surface area contributed by atoms with E-state index in [9.17, 15) is 5.11 Å². The van der Waals surface area contributed by atoms with Gasteiger partial charge in [-0.05, 0) is 24.1 Å². The Morgan fingerprint density at radius 1 is 1.38 bits per heavy atom. The Hall–Kier alpha value is -0.540. The summed E-state index contributed by atoms with van der Waals surface area (Å²) in [5.41, 5.74) is 1.91. The Bertz CT molecular complexity index is 372. The normalized spacial score (nSPS) is 11.6. The molecule has 0 radical (unpaired) electrons. The van der Waals surface area contributed by atoms with Crippen LogP contribution in [0.5, 0.6) is 5.75 Å². The minimum Gasteiger partial charge on any atom is -0.496 e. The molecule has 0 fully saturated rings. The first-order valence-electron chi connectivity index (χ1n) is 5.44.